The first kappa shape index (κ1) is 22.1. The summed E-state index contributed by atoms with van der Waals surface area (Å²) in [6.07, 6.45) is 5.09. The van der Waals surface area contributed by atoms with Crippen LogP contribution in [-0.2, 0) is 6.42 Å². The van der Waals surface area contributed by atoms with Crippen molar-refractivity contribution in [1.82, 2.24) is 0 Å². The monoisotopic (exact) mass is 416 g/mol. The molecule has 0 radical (unpaired) electrons. The van der Waals surface area contributed by atoms with Crippen molar-refractivity contribution in [1.29, 1.82) is 0 Å². The van der Waals surface area contributed by atoms with E-state index in [1.165, 1.54) is 11.1 Å². The predicted octanol–water partition coefficient (Wildman–Crippen LogP) is 4.38. The van der Waals surface area contributed by atoms with E-state index in [4.69, 9.17) is 0 Å². The van der Waals surface area contributed by atoms with Gasteiger partial charge in [-0.3, -0.25) is 0 Å². The number of aromatic hydroxyl groups is 1. The molecule has 0 aliphatic heterocycles. The van der Waals surface area contributed by atoms with Gasteiger partial charge in [-0.15, -0.1) is 0 Å². The third-order valence-corrected chi connectivity index (χ3v) is 9.12. The number of aryl methyl sites for hydroxylation is 1. The molecule has 0 spiro atoms. The van der Waals surface area contributed by atoms with Crippen LogP contribution in [0.2, 0.25) is 0 Å². The highest BCUT2D eigenvalue weighted by molar-refractivity contribution is 5.40. The molecule has 1 unspecified atom stereocenters. The van der Waals surface area contributed by atoms with Crippen LogP contribution in [0, 0.1) is 29.1 Å². The molecule has 2 saturated carbocycles. The van der Waals surface area contributed by atoms with E-state index in [2.05, 4.69) is 13.0 Å². The van der Waals surface area contributed by atoms with Crippen molar-refractivity contribution in [2.45, 2.75) is 96.4 Å². The third-order valence-electron chi connectivity index (χ3n) is 9.12. The topological polar surface area (TPSA) is 80.9 Å². The molecule has 4 rings (SSSR count). The number of rotatable bonds is 5. The van der Waals surface area contributed by atoms with Crippen molar-refractivity contribution in [3.05, 3.63) is 29.3 Å². The Kier molecular flexibility index (Phi) is 5.74. The Hall–Kier alpha value is -1.10. The standard InChI is InChI=1S/C26H40O4/c1-15(2)22(28)10-12-26(4,30)24-23(29)14-21-20-7-5-16-13-17(27)6-8-18(16)19(20)9-11-25(21,24)3/h6,8,13,15,19-24,27-30H,5,7,9-12,14H2,1-4H3/t19-,20-,21+,22?,23+,24+,25+,26+/m1/s1. The number of aliphatic hydroxyl groups is 3. The molecule has 0 aromatic heterocycles. The van der Waals surface area contributed by atoms with Gasteiger partial charge in [-0.1, -0.05) is 26.8 Å². The van der Waals surface area contributed by atoms with Crippen molar-refractivity contribution in [3.63, 3.8) is 0 Å². The smallest absolute Gasteiger partial charge is 0.115 e. The molecule has 3 aliphatic rings. The first-order valence-corrected chi connectivity index (χ1v) is 11.9. The van der Waals surface area contributed by atoms with E-state index < -0.39 is 17.8 Å². The Bertz CT molecular complexity index is 772. The maximum Gasteiger partial charge on any atom is 0.115 e. The second kappa shape index (κ2) is 7.79. The molecular weight excluding hydrogens is 376 g/mol. The van der Waals surface area contributed by atoms with E-state index in [0.29, 0.717) is 36.3 Å². The largest absolute Gasteiger partial charge is 0.508 e. The van der Waals surface area contributed by atoms with Crippen molar-refractivity contribution in [2.75, 3.05) is 0 Å². The summed E-state index contributed by atoms with van der Waals surface area (Å²) >= 11 is 0. The van der Waals surface area contributed by atoms with Gasteiger partial charge in [-0.05, 0) is 104 Å². The number of hydrogen-bond acceptors (Lipinski definition) is 4. The van der Waals surface area contributed by atoms with Gasteiger partial charge in [0.05, 0.1) is 17.8 Å². The summed E-state index contributed by atoms with van der Waals surface area (Å²) in [6, 6.07) is 5.85. The van der Waals surface area contributed by atoms with Gasteiger partial charge in [0, 0.05) is 5.92 Å². The van der Waals surface area contributed by atoms with Crippen LogP contribution < -0.4 is 0 Å². The minimum Gasteiger partial charge on any atom is -0.508 e. The second-order valence-corrected chi connectivity index (χ2v) is 11.3. The highest BCUT2D eigenvalue weighted by atomic mass is 16.3. The fourth-order valence-corrected chi connectivity index (χ4v) is 7.64. The van der Waals surface area contributed by atoms with Gasteiger partial charge >= 0.3 is 0 Å². The average Bonchev–Trinajstić information content (AvgIpc) is 2.96. The van der Waals surface area contributed by atoms with Crippen LogP contribution in [0.3, 0.4) is 0 Å². The summed E-state index contributed by atoms with van der Waals surface area (Å²) in [6.45, 7) is 8.19. The van der Waals surface area contributed by atoms with Gasteiger partial charge in [0.2, 0.25) is 0 Å². The van der Waals surface area contributed by atoms with Crippen LogP contribution in [0.5, 0.6) is 5.75 Å². The van der Waals surface area contributed by atoms with Crippen LogP contribution in [0.4, 0.5) is 0 Å². The molecule has 0 saturated heterocycles. The molecule has 1 aromatic rings. The Balaban J connectivity index is 1.57. The molecule has 0 heterocycles. The molecule has 1 aromatic carbocycles. The van der Waals surface area contributed by atoms with Crippen LogP contribution >= 0.6 is 0 Å². The maximum atomic E-state index is 11.5. The number of benzene rings is 1. The van der Waals surface area contributed by atoms with E-state index in [0.717, 1.165) is 32.1 Å². The van der Waals surface area contributed by atoms with Crippen LogP contribution in [0.25, 0.3) is 0 Å². The third kappa shape index (κ3) is 3.59. The molecule has 3 aliphatic carbocycles. The number of fused-ring (bicyclic) bond motifs is 5. The summed E-state index contributed by atoms with van der Waals surface area (Å²) in [5.41, 5.74) is 1.60. The van der Waals surface area contributed by atoms with Gasteiger partial charge in [0.15, 0.2) is 0 Å². The highest BCUT2D eigenvalue weighted by Gasteiger charge is 2.62. The van der Waals surface area contributed by atoms with E-state index in [1.54, 1.807) is 0 Å². The number of hydrogen-bond donors (Lipinski definition) is 4. The zero-order chi connectivity index (χ0) is 21.8. The number of phenolic OH excluding ortho intramolecular Hbond substituents is 1. The lowest BCUT2D eigenvalue weighted by molar-refractivity contribution is -0.115. The Morgan fingerprint density at radius 3 is 2.67 bits per heavy atom. The highest BCUT2D eigenvalue weighted by Crippen LogP contribution is 2.65. The van der Waals surface area contributed by atoms with E-state index in [-0.39, 0.29) is 17.3 Å². The molecule has 30 heavy (non-hydrogen) atoms. The Labute approximate surface area is 181 Å². The van der Waals surface area contributed by atoms with Crippen LogP contribution in [-0.4, -0.2) is 38.2 Å². The molecule has 8 atom stereocenters. The zero-order valence-electron chi connectivity index (χ0n) is 19.0. The summed E-state index contributed by atoms with van der Waals surface area (Å²) in [7, 11) is 0. The molecule has 4 N–H and O–H groups in total. The maximum absolute atomic E-state index is 11.5. The van der Waals surface area contributed by atoms with Gasteiger partial charge in [0.25, 0.3) is 0 Å². The summed E-state index contributed by atoms with van der Waals surface area (Å²) in [4.78, 5) is 0. The van der Waals surface area contributed by atoms with E-state index >= 15 is 0 Å². The molecule has 168 valence electrons. The van der Waals surface area contributed by atoms with Gasteiger partial charge in [-0.25, -0.2) is 0 Å². The minimum absolute atomic E-state index is 0.0821. The molecular formula is C26H40O4. The normalized spacial score (nSPS) is 38.5. The van der Waals surface area contributed by atoms with Crippen LogP contribution in [0.1, 0.15) is 83.3 Å². The lowest BCUT2D eigenvalue weighted by Crippen LogP contribution is -2.51. The van der Waals surface area contributed by atoms with Gasteiger partial charge in [0.1, 0.15) is 5.75 Å². The summed E-state index contributed by atoms with van der Waals surface area (Å²) in [5.74, 6) is 1.79. The fourth-order valence-electron chi connectivity index (χ4n) is 7.64. The first-order valence-electron chi connectivity index (χ1n) is 11.9. The van der Waals surface area contributed by atoms with E-state index in [9.17, 15) is 20.4 Å². The van der Waals surface area contributed by atoms with Crippen LogP contribution in [0.15, 0.2) is 18.2 Å². The molecule has 0 bridgehead atoms. The molecule has 0 amide bonds. The lowest BCUT2D eigenvalue weighted by atomic mass is 9.52. The molecule has 4 heteroatoms. The number of aliphatic hydroxyl groups excluding tert-OH is 2. The fraction of sp³-hybridized carbons (Fsp3) is 0.769. The second-order valence-electron chi connectivity index (χ2n) is 11.3. The van der Waals surface area contributed by atoms with Gasteiger partial charge in [-0.2, -0.15) is 0 Å². The lowest BCUT2D eigenvalue weighted by Gasteiger charge is -2.53. The first-order chi connectivity index (χ1) is 14.0. The quantitative estimate of drug-likeness (QED) is 0.574. The zero-order valence-corrected chi connectivity index (χ0v) is 19.0. The summed E-state index contributed by atoms with van der Waals surface area (Å²) in [5, 5.41) is 42.8. The molecule has 4 nitrogen and oxygen atoms in total. The SMILES string of the molecule is CC(C)C(O)CC[C@](C)(O)[C@H]1[C@@H](O)C[C@H]2[C@@H]3CCc4cc(O)ccc4[C@H]3CC[C@@]21C. The molecule has 2 fully saturated rings. The predicted molar refractivity (Wildman–Crippen MR) is 118 cm³/mol. The van der Waals surface area contributed by atoms with Crippen molar-refractivity contribution < 1.29 is 20.4 Å². The average molecular weight is 417 g/mol. The minimum atomic E-state index is -0.982. The van der Waals surface area contributed by atoms with Gasteiger partial charge < -0.3 is 20.4 Å². The Morgan fingerprint density at radius 2 is 1.97 bits per heavy atom. The van der Waals surface area contributed by atoms with E-state index in [1.807, 2.05) is 32.9 Å². The van der Waals surface area contributed by atoms with Crippen molar-refractivity contribution >= 4 is 0 Å². The summed E-state index contributed by atoms with van der Waals surface area (Å²) < 4.78 is 0. The van der Waals surface area contributed by atoms with Crippen molar-refractivity contribution in [2.24, 2.45) is 29.1 Å². The Morgan fingerprint density at radius 1 is 1.23 bits per heavy atom. The number of phenols is 1. The van der Waals surface area contributed by atoms with Crippen molar-refractivity contribution in [3.8, 4) is 5.75 Å².